The number of carbonyl (C=O) groups excluding carboxylic acids is 2. The molecule has 2 amide bonds. The number of H-pyrrole nitrogens is 1. The monoisotopic (exact) mass is 370 g/mol. The number of anilines is 1. The van der Waals surface area contributed by atoms with Crippen LogP contribution in [0.25, 0.3) is 0 Å². The number of aromatic amines is 1. The third kappa shape index (κ3) is 4.81. The van der Waals surface area contributed by atoms with Crippen LogP contribution in [-0.4, -0.2) is 28.3 Å². The molecule has 0 fully saturated rings. The van der Waals surface area contributed by atoms with Crippen molar-refractivity contribution in [3.63, 3.8) is 0 Å². The number of benzene rings is 1. The van der Waals surface area contributed by atoms with Crippen LogP contribution in [-0.2, 0) is 10.2 Å². The Labute approximate surface area is 158 Å². The maximum atomic E-state index is 12.4. The number of aryl methyl sites for hydroxylation is 3. The lowest BCUT2D eigenvalue weighted by Gasteiger charge is -2.18. The molecule has 7 nitrogen and oxygen atoms in total. The lowest BCUT2D eigenvalue weighted by Crippen LogP contribution is -2.37. The first-order chi connectivity index (χ1) is 12.5. The van der Waals surface area contributed by atoms with Crippen molar-refractivity contribution in [1.29, 1.82) is 0 Å². The first-order valence-corrected chi connectivity index (χ1v) is 8.76. The van der Waals surface area contributed by atoms with Crippen LogP contribution < -0.4 is 16.2 Å². The predicted octanol–water partition coefficient (Wildman–Crippen LogP) is 2.36. The lowest BCUT2D eigenvalue weighted by molar-refractivity contribution is -0.115. The zero-order chi connectivity index (χ0) is 20.4. The average molecular weight is 370 g/mol. The fraction of sp³-hybridized carbons (Fsp3) is 0.400. The molecule has 0 aliphatic heterocycles. The zero-order valence-electron chi connectivity index (χ0n) is 16.6. The Hall–Kier alpha value is -2.96. The first kappa shape index (κ1) is 20.4. The van der Waals surface area contributed by atoms with Gasteiger partial charge in [0, 0.05) is 11.1 Å². The summed E-state index contributed by atoms with van der Waals surface area (Å²) in [5.41, 5.74) is 1.98. The molecule has 27 heavy (non-hydrogen) atoms. The lowest BCUT2D eigenvalue weighted by atomic mass is 9.95. The molecule has 0 radical (unpaired) electrons. The smallest absolute Gasteiger partial charge is 0.264 e. The van der Waals surface area contributed by atoms with Crippen LogP contribution in [0, 0.1) is 20.8 Å². The van der Waals surface area contributed by atoms with Gasteiger partial charge >= 0.3 is 0 Å². The van der Waals surface area contributed by atoms with Crippen molar-refractivity contribution in [2.75, 3.05) is 11.9 Å². The normalized spacial score (nSPS) is 11.2. The molecule has 1 heterocycles. The Morgan fingerprint density at radius 2 is 1.70 bits per heavy atom. The molecule has 3 N–H and O–H groups in total. The Bertz CT molecular complexity index is 919. The maximum absolute atomic E-state index is 12.4. The Kier molecular flexibility index (Phi) is 5.83. The molecule has 7 heteroatoms. The van der Waals surface area contributed by atoms with E-state index in [2.05, 4.69) is 20.6 Å². The van der Waals surface area contributed by atoms with Crippen molar-refractivity contribution >= 4 is 17.5 Å². The molecule has 0 bridgehead atoms. The third-order valence-corrected chi connectivity index (χ3v) is 4.19. The minimum absolute atomic E-state index is 0.0807. The quantitative estimate of drug-likeness (QED) is 0.768. The van der Waals surface area contributed by atoms with Crippen molar-refractivity contribution in [1.82, 2.24) is 15.3 Å². The number of hydrogen-bond donors (Lipinski definition) is 3. The molecule has 0 aliphatic carbocycles. The van der Waals surface area contributed by atoms with Crippen LogP contribution in [0.3, 0.4) is 0 Å². The van der Waals surface area contributed by atoms with Gasteiger partial charge in [0.25, 0.3) is 11.5 Å². The number of nitrogens with one attached hydrogen (secondary N) is 3. The zero-order valence-corrected chi connectivity index (χ0v) is 16.6. The first-order valence-electron chi connectivity index (χ1n) is 8.76. The van der Waals surface area contributed by atoms with Gasteiger partial charge in [-0.05, 0) is 31.9 Å². The number of hydrogen-bond acceptors (Lipinski definition) is 4. The van der Waals surface area contributed by atoms with Crippen LogP contribution in [0.2, 0.25) is 0 Å². The van der Waals surface area contributed by atoms with Crippen LogP contribution in [0.1, 0.15) is 53.8 Å². The third-order valence-electron chi connectivity index (χ3n) is 4.19. The average Bonchev–Trinajstić information content (AvgIpc) is 2.55. The summed E-state index contributed by atoms with van der Waals surface area (Å²) >= 11 is 0. The van der Waals surface area contributed by atoms with E-state index in [4.69, 9.17) is 0 Å². The summed E-state index contributed by atoms with van der Waals surface area (Å²) in [5.74, 6) is -0.484. The van der Waals surface area contributed by atoms with Gasteiger partial charge in [0.05, 0.1) is 12.2 Å². The van der Waals surface area contributed by atoms with E-state index in [0.717, 1.165) is 16.8 Å². The van der Waals surface area contributed by atoms with E-state index in [9.17, 15) is 14.4 Å². The number of rotatable bonds is 4. The highest BCUT2D eigenvalue weighted by atomic mass is 16.2. The number of nitrogens with zero attached hydrogens (tertiary/aromatic N) is 1. The van der Waals surface area contributed by atoms with Crippen molar-refractivity contribution < 1.29 is 9.59 Å². The van der Waals surface area contributed by atoms with Crippen LogP contribution in [0.5, 0.6) is 0 Å². The van der Waals surface area contributed by atoms with Gasteiger partial charge in [-0.15, -0.1) is 0 Å². The number of para-hydroxylation sites is 1. The standard InChI is InChI=1S/C20H26N4O3/c1-11-8-7-9-12(2)16(11)23-14(25)10-21-17(26)15-13(3)22-19(20(4,5)6)24-18(15)27/h7-9H,10H2,1-6H3,(H,21,26)(H,23,25)(H,22,24,27). The molecule has 0 atom stereocenters. The van der Waals surface area contributed by atoms with Gasteiger partial charge in [0.15, 0.2) is 0 Å². The van der Waals surface area contributed by atoms with E-state index >= 15 is 0 Å². The second-order valence-electron chi connectivity index (χ2n) is 7.62. The largest absolute Gasteiger partial charge is 0.343 e. The van der Waals surface area contributed by atoms with Gasteiger partial charge in [-0.1, -0.05) is 39.0 Å². The van der Waals surface area contributed by atoms with Gasteiger partial charge in [-0.3, -0.25) is 14.4 Å². The Balaban J connectivity index is 2.10. The number of amides is 2. The minimum Gasteiger partial charge on any atom is -0.343 e. The van der Waals surface area contributed by atoms with Crippen LogP contribution in [0.4, 0.5) is 5.69 Å². The number of carbonyl (C=O) groups is 2. The fourth-order valence-electron chi connectivity index (χ4n) is 2.65. The van der Waals surface area contributed by atoms with Gasteiger partial charge in [-0.25, -0.2) is 4.98 Å². The molecule has 0 aliphatic rings. The molecule has 1 aromatic carbocycles. The second-order valence-corrected chi connectivity index (χ2v) is 7.62. The molecule has 144 valence electrons. The maximum Gasteiger partial charge on any atom is 0.264 e. The molecular weight excluding hydrogens is 344 g/mol. The van der Waals surface area contributed by atoms with E-state index < -0.39 is 11.5 Å². The van der Waals surface area contributed by atoms with Gasteiger partial charge in [0.1, 0.15) is 11.4 Å². The van der Waals surface area contributed by atoms with Crippen molar-refractivity contribution in [3.05, 3.63) is 56.8 Å². The summed E-state index contributed by atoms with van der Waals surface area (Å²) in [6, 6.07) is 5.70. The number of aromatic nitrogens is 2. The Morgan fingerprint density at radius 1 is 1.11 bits per heavy atom. The molecule has 0 unspecified atom stereocenters. The second kappa shape index (κ2) is 7.73. The highest BCUT2D eigenvalue weighted by Gasteiger charge is 2.22. The van der Waals surface area contributed by atoms with Gasteiger partial charge in [0.2, 0.25) is 5.91 Å². The Morgan fingerprint density at radius 3 is 2.22 bits per heavy atom. The molecule has 1 aromatic heterocycles. The summed E-state index contributed by atoms with van der Waals surface area (Å²) in [5, 5.41) is 5.28. The topological polar surface area (TPSA) is 104 Å². The van der Waals surface area contributed by atoms with E-state index in [1.54, 1.807) is 6.92 Å². The summed E-state index contributed by atoms with van der Waals surface area (Å²) < 4.78 is 0. The molecule has 2 aromatic rings. The minimum atomic E-state index is -0.627. The van der Waals surface area contributed by atoms with Crippen molar-refractivity contribution in [2.45, 2.75) is 47.0 Å². The molecule has 0 saturated heterocycles. The predicted molar refractivity (Wildman–Crippen MR) is 105 cm³/mol. The summed E-state index contributed by atoms with van der Waals surface area (Å²) in [6.45, 7) is 10.9. The summed E-state index contributed by atoms with van der Waals surface area (Å²) in [6.07, 6.45) is 0. The highest BCUT2D eigenvalue weighted by Crippen LogP contribution is 2.19. The molecule has 2 rings (SSSR count). The van der Waals surface area contributed by atoms with E-state index in [-0.39, 0.29) is 23.4 Å². The fourth-order valence-corrected chi connectivity index (χ4v) is 2.65. The van der Waals surface area contributed by atoms with Gasteiger partial charge in [-0.2, -0.15) is 0 Å². The molecule has 0 spiro atoms. The highest BCUT2D eigenvalue weighted by molar-refractivity contribution is 6.00. The van der Waals surface area contributed by atoms with E-state index in [0.29, 0.717) is 11.5 Å². The van der Waals surface area contributed by atoms with Crippen LogP contribution >= 0.6 is 0 Å². The van der Waals surface area contributed by atoms with E-state index in [1.165, 1.54) is 0 Å². The molecule has 0 saturated carbocycles. The summed E-state index contributed by atoms with van der Waals surface area (Å²) in [4.78, 5) is 43.9. The van der Waals surface area contributed by atoms with Crippen molar-refractivity contribution in [2.24, 2.45) is 0 Å². The summed E-state index contributed by atoms with van der Waals surface area (Å²) in [7, 11) is 0. The van der Waals surface area contributed by atoms with Crippen molar-refractivity contribution in [3.8, 4) is 0 Å². The van der Waals surface area contributed by atoms with Crippen LogP contribution in [0.15, 0.2) is 23.0 Å². The molecular formula is C20H26N4O3. The SMILES string of the molecule is Cc1cccc(C)c1NC(=O)CNC(=O)c1c(C)nc(C(C)(C)C)[nH]c1=O. The van der Waals surface area contributed by atoms with E-state index in [1.807, 2.05) is 52.8 Å². The van der Waals surface area contributed by atoms with Gasteiger partial charge < -0.3 is 15.6 Å².